The van der Waals surface area contributed by atoms with Crippen LogP contribution in [0.2, 0.25) is 0 Å². The van der Waals surface area contributed by atoms with Crippen LogP contribution in [0.1, 0.15) is 4.88 Å². The Balaban J connectivity index is 3.07. The van der Waals surface area contributed by atoms with E-state index in [4.69, 9.17) is 7.85 Å². The summed E-state index contributed by atoms with van der Waals surface area (Å²) in [5.74, 6) is 0. The van der Waals surface area contributed by atoms with Crippen LogP contribution in [0.3, 0.4) is 0 Å². The fourth-order valence-corrected chi connectivity index (χ4v) is 1.99. The number of hydrogen-bond acceptors (Lipinski definition) is 3. The van der Waals surface area contributed by atoms with Crippen molar-refractivity contribution in [2.45, 2.75) is 6.92 Å². The van der Waals surface area contributed by atoms with Crippen molar-refractivity contribution in [2.75, 3.05) is 0 Å². The van der Waals surface area contributed by atoms with Gasteiger partial charge in [-0.3, -0.25) is 4.79 Å². The van der Waals surface area contributed by atoms with Crippen molar-refractivity contribution in [2.24, 2.45) is 0 Å². The SMILES string of the molecule is [B]c1c(C)sc2nc[nH]c(=O)c12. The van der Waals surface area contributed by atoms with Crippen LogP contribution >= 0.6 is 11.3 Å². The number of aromatic nitrogens is 2. The number of aryl methyl sites for hydroxylation is 1. The third-order valence-corrected chi connectivity index (χ3v) is 2.75. The summed E-state index contributed by atoms with van der Waals surface area (Å²) < 4.78 is 0. The molecule has 0 aromatic carbocycles. The van der Waals surface area contributed by atoms with Crippen LogP contribution in [0.5, 0.6) is 0 Å². The van der Waals surface area contributed by atoms with Crippen molar-refractivity contribution in [3.8, 4) is 0 Å². The molecule has 0 fully saturated rings. The first-order chi connectivity index (χ1) is 5.70. The van der Waals surface area contributed by atoms with E-state index in [1.54, 1.807) is 0 Å². The quantitative estimate of drug-likeness (QED) is 0.578. The molecule has 1 N–H and O–H groups in total. The lowest BCUT2D eigenvalue weighted by Crippen LogP contribution is -2.14. The molecule has 2 rings (SSSR count). The molecule has 0 atom stereocenters. The molecule has 0 bridgehead atoms. The first-order valence-corrected chi connectivity index (χ1v) is 4.24. The molecule has 0 saturated carbocycles. The van der Waals surface area contributed by atoms with Crippen molar-refractivity contribution in [1.29, 1.82) is 0 Å². The van der Waals surface area contributed by atoms with Crippen molar-refractivity contribution < 1.29 is 0 Å². The predicted octanol–water partition coefficient (Wildman–Crippen LogP) is 0.0868. The Labute approximate surface area is 73.9 Å². The average molecular weight is 176 g/mol. The highest BCUT2D eigenvalue weighted by atomic mass is 32.1. The van der Waals surface area contributed by atoms with Gasteiger partial charge in [0.2, 0.25) is 0 Å². The fraction of sp³-hybridized carbons (Fsp3) is 0.143. The highest BCUT2D eigenvalue weighted by molar-refractivity contribution is 7.19. The second-order valence-electron chi connectivity index (χ2n) is 2.48. The van der Waals surface area contributed by atoms with Crippen LogP contribution in [-0.4, -0.2) is 17.8 Å². The van der Waals surface area contributed by atoms with Crippen molar-refractivity contribution in [3.63, 3.8) is 0 Å². The van der Waals surface area contributed by atoms with Crippen molar-refractivity contribution >= 4 is 34.9 Å². The smallest absolute Gasteiger partial charge is 0.258 e. The normalized spacial score (nSPS) is 10.8. The topological polar surface area (TPSA) is 45.8 Å². The van der Waals surface area contributed by atoms with E-state index < -0.39 is 0 Å². The minimum absolute atomic E-state index is 0.165. The van der Waals surface area contributed by atoms with Crippen LogP contribution in [0.25, 0.3) is 10.2 Å². The van der Waals surface area contributed by atoms with Crippen LogP contribution in [0.15, 0.2) is 11.1 Å². The second-order valence-corrected chi connectivity index (χ2v) is 3.69. The number of rotatable bonds is 0. The van der Waals surface area contributed by atoms with E-state index in [2.05, 4.69) is 9.97 Å². The van der Waals surface area contributed by atoms with Crippen LogP contribution in [-0.2, 0) is 0 Å². The zero-order valence-electron chi connectivity index (χ0n) is 6.42. The largest absolute Gasteiger partial charge is 0.313 e. The fourth-order valence-electron chi connectivity index (χ4n) is 1.07. The molecule has 0 saturated heterocycles. The molecular weight excluding hydrogens is 171 g/mol. The van der Waals surface area contributed by atoms with E-state index >= 15 is 0 Å². The van der Waals surface area contributed by atoms with E-state index in [9.17, 15) is 4.79 Å². The van der Waals surface area contributed by atoms with Gasteiger partial charge < -0.3 is 4.98 Å². The summed E-state index contributed by atoms with van der Waals surface area (Å²) in [4.78, 5) is 19.4. The van der Waals surface area contributed by atoms with E-state index in [1.165, 1.54) is 17.7 Å². The zero-order chi connectivity index (χ0) is 8.72. The Hall–Kier alpha value is -1.10. The Morgan fingerprint density at radius 3 is 3.08 bits per heavy atom. The van der Waals surface area contributed by atoms with E-state index in [0.717, 1.165) is 4.88 Å². The van der Waals surface area contributed by atoms with E-state index in [1.807, 2.05) is 6.92 Å². The lowest BCUT2D eigenvalue weighted by Gasteiger charge is -1.88. The summed E-state index contributed by atoms with van der Waals surface area (Å²) in [6, 6.07) is 0. The molecule has 2 aromatic heterocycles. The van der Waals surface area contributed by atoms with Gasteiger partial charge in [0.25, 0.3) is 5.56 Å². The molecule has 3 nitrogen and oxygen atoms in total. The molecule has 2 heterocycles. The number of fused-ring (bicyclic) bond motifs is 1. The molecule has 0 unspecified atom stereocenters. The molecule has 2 aromatic rings. The van der Waals surface area contributed by atoms with Gasteiger partial charge >= 0.3 is 0 Å². The van der Waals surface area contributed by atoms with Crippen molar-refractivity contribution in [1.82, 2.24) is 9.97 Å². The van der Waals surface area contributed by atoms with Gasteiger partial charge in [0.1, 0.15) is 12.7 Å². The lowest BCUT2D eigenvalue weighted by atomic mass is 9.94. The number of aromatic amines is 1. The first-order valence-electron chi connectivity index (χ1n) is 3.42. The molecule has 0 spiro atoms. The Kier molecular flexibility index (Phi) is 1.54. The van der Waals surface area contributed by atoms with Crippen LogP contribution < -0.4 is 11.0 Å². The molecule has 0 aliphatic rings. The average Bonchev–Trinajstić information content (AvgIpc) is 2.29. The van der Waals surface area contributed by atoms with Gasteiger partial charge in [0, 0.05) is 0 Å². The summed E-state index contributed by atoms with van der Waals surface area (Å²) in [6.45, 7) is 1.88. The Morgan fingerprint density at radius 1 is 1.67 bits per heavy atom. The van der Waals surface area contributed by atoms with E-state index in [-0.39, 0.29) is 5.56 Å². The van der Waals surface area contributed by atoms with Gasteiger partial charge in [-0.25, -0.2) is 4.98 Å². The maximum Gasteiger partial charge on any atom is 0.258 e. The third-order valence-electron chi connectivity index (χ3n) is 1.72. The van der Waals surface area contributed by atoms with E-state index in [0.29, 0.717) is 15.7 Å². The monoisotopic (exact) mass is 176 g/mol. The van der Waals surface area contributed by atoms with Gasteiger partial charge in [-0.05, 0) is 11.8 Å². The van der Waals surface area contributed by atoms with Crippen LogP contribution in [0.4, 0.5) is 0 Å². The number of H-pyrrole nitrogens is 1. The lowest BCUT2D eigenvalue weighted by molar-refractivity contribution is 1.18. The Morgan fingerprint density at radius 2 is 2.42 bits per heavy atom. The molecule has 12 heavy (non-hydrogen) atoms. The van der Waals surface area contributed by atoms with Gasteiger partial charge in [0.05, 0.1) is 11.7 Å². The summed E-state index contributed by atoms with van der Waals surface area (Å²) in [7, 11) is 5.69. The van der Waals surface area contributed by atoms with Gasteiger partial charge in [-0.15, -0.1) is 11.3 Å². The summed E-state index contributed by atoms with van der Waals surface area (Å²) in [6.07, 6.45) is 1.39. The molecular formula is C7H5BN2OS. The molecule has 0 aliphatic heterocycles. The summed E-state index contributed by atoms with van der Waals surface area (Å²) >= 11 is 1.44. The van der Waals surface area contributed by atoms with Gasteiger partial charge in [0.15, 0.2) is 0 Å². The molecule has 0 aliphatic carbocycles. The zero-order valence-corrected chi connectivity index (χ0v) is 7.23. The molecule has 5 heteroatoms. The second kappa shape index (κ2) is 2.45. The highest BCUT2D eigenvalue weighted by Gasteiger charge is 2.07. The number of nitrogens with zero attached hydrogens (tertiary/aromatic N) is 1. The summed E-state index contributed by atoms with van der Waals surface area (Å²) in [5.41, 5.74) is 0.381. The molecule has 2 radical (unpaired) electrons. The Bertz CT molecular complexity index is 488. The maximum absolute atomic E-state index is 11.2. The molecule has 58 valence electrons. The standard InChI is InChI=1S/C7H5BN2OS/c1-3-5(8)4-6(11)9-2-10-7(4)12-3/h2H,1H3,(H,9,10,11). The molecule has 0 amide bonds. The minimum Gasteiger partial charge on any atom is -0.313 e. The predicted molar refractivity (Wildman–Crippen MR) is 50.4 cm³/mol. The van der Waals surface area contributed by atoms with Gasteiger partial charge in [-0.2, -0.15) is 0 Å². The summed E-state index contributed by atoms with van der Waals surface area (Å²) in [5, 5.41) is 0.514. The van der Waals surface area contributed by atoms with Crippen molar-refractivity contribution in [3.05, 3.63) is 21.6 Å². The number of thiophene rings is 1. The van der Waals surface area contributed by atoms with Gasteiger partial charge in [-0.1, -0.05) is 5.46 Å². The highest BCUT2D eigenvalue weighted by Crippen LogP contribution is 2.15. The number of nitrogens with one attached hydrogen (secondary N) is 1. The maximum atomic E-state index is 11.2. The first kappa shape index (κ1) is 7.55. The number of hydrogen-bond donors (Lipinski definition) is 1. The third kappa shape index (κ3) is 0.897. The minimum atomic E-state index is -0.165. The van der Waals surface area contributed by atoms with Crippen LogP contribution in [0, 0.1) is 6.92 Å².